The average Bonchev–Trinajstić information content (AvgIpc) is 2.78. The number of benzene rings is 2. The first-order chi connectivity index (χ1) is 16.1. The Morgan fingerprint density at radius 1 is 1.12 bits per heavy atom. The summed E-state index contributed by atoms with van der Waals surface area (Å²) in [7, 11) is 0. The van der Waals surface area contributed by atoms with Crippen molar-refractivity contribution < 1.29 is 32.4 Å². The molecule has 178 valence electrons. The quantitative estimate of drug-likeness (QED) is 0.211. The number of ether oxygens (including phenoxy) is 1. The molecule has 3 rings (SSSR count). The van der Waals surface area contributed by atoms with E-state index in [-0.39, 0.29) is 23.6 Å². The predicted molar refractivity (Wildman–Crippen MR) is 116 cm³/mol. The number of halogens is 3. The number of alkyl halides is 3. The molecule has 0 spiro atoms. The molecule has 0 aromatic heterocycles. The van der Waals surface area contributed by atoms with Gasteiger partial charge in [0, 0.05) is 17.3 Å². The molecule has 10 heteroatoms. The summed E-state index contributed by atoms with van der Waals surface area (Å²) in [6, 6.07) is 12.4. The number of esters is 1. The molecule has 1 heterocycles. The maximum atomic E-state index is 13.8. The van der Waals surface area contributed by atoms with E-state index in [0.29, 0.717) is 0 Å². The lowest BCUT2D eigenvalue weighted by Gasteiger charge is -2.33. The molecule has 1 N–H and O–H groups in total. The summed E-state index contributed by atoms with van der Waals surface area (Å²) in [5.74, 6) is -4.75. The fraction of sp³-hybridized carbons (Fsp3) is 0.250. The van der Waals surface area contributed by atoms with E-state index in [9.17, 15) is 32.9 Å². The molecule has 2 aromatic carbocycles. The Morgan fingerprint density at radius 2 is 1.74 bits per heavy atom. The van der Waals surface area contributed by atoms with Crippen molar-refractivity contribution in [2.24, 2.45) is 5.92 Å². The smallest absolute Gasteiger partial charge is 0.416 e. The van der Waals surface area contributed by atoms with Crippen LogP contribution in [0.4, 0.5) is 13.2 Å². The van der Waals surface area contributed by atoms with Crippen molar-refractivity contribution in [1.29, 1.82) is 0 Å². The van der Waals surface area contributed by atoms with Gasteiger partial charge in [-0.3, -0.25) is 19.7 Å². The Balaban J connectivity index is 2.28. The number of nitrogens with one attached hydrogen (secondary N) is 1. The summed E-state index contributed by atoms with van der Waals surface area (Å²) in [5, 5.41) is 14.7. The van der Waals surface area contributed by atoms with Crippen LogP contribution in [0.15, 0.2) is 77.8 Å². The molecule has 0 saturated carbocycles. The lowest BCUT2D eigenvalue weighted by molar-refractivity contribution is -0.433. The molecule has 0 amide bonds. The molecule has 2 aromatic rings. The highest BCUT2D eigenvalue weighted by Gasteiger charge is 2.49. The highest BCUT2D eigenvalue weighted by molar-refractivity contribution is 6.05. The van der Waals surface area contributed by atoms with Crippen molar-refractivity contribution in [3.63, 3.8) is 0 Å². The highest BCUT2D eigenvalue weighted by Crippen LogP contribution is 2.45. The van der Waals surface area contributed by atoms with Gasteiger partial charge in [-0.25, -0.2) is 0 Å². The molecule has 34 heavy (non-hydrogen) atoms. The first-order valence-electron chi connectivity index (χ1n) is 10.3. The summed E-state index contributed by atoms with van der Waals surface area (Å²) >= 11 is 0. The van der Waals surface area contributed by atoms with E-state index in [2.05, 4.69) is 5.32 Å². The minimum Gasteiger partial charge on any atom is -0.465 e. The minimum absolute atomic E-state index is 0.0837. The second kappa shape index (κ2) is 9.90. The first kappa shape index (κ1) is 24.7. The molecule has 1 aliphatic heterocycles. The number of carbonyl (C=O) groups excluding carboxylic acids is 2. The van der Waals surface area contributed by atoms with Gasteiger partial charge in [-0.1, -0.05) is 48.5 Å². The molecule has 0 saturated heterocycles. The van der Waals surface area contributed by atoms with Crippen LogP contribution in [0.3, 0.4) is 0 Å². The molecule has 0 fully saturated rings. The van der Waals surface area contributed by atoms with Crippen molar-refractivity contribution in [1.82, 2.24) is 5.32 Å². The van der Waals surface area contributed by atoms with E-state index in [1.54, 1.807) is 18.2 Å². The van der Waals surface area contributed by atoms with Crippen LogP contribution in [-0.4, -0.2) is 23.3 Å². The maximum absolute atomic E-state index is 13.8. The molecule has 7 nitrogen and oxygen atoms in total. The number of allylic oxidation sites excluding steroid dienone is 3. The van der Waals surface area contributed by atoms with Gasteiger partial charge in [0.25, 0.3) is 5.70 Å². The number of carbonyl (C=O) groups is 2. The Labute approximate surface area is 193 Å². The molecule has 0 radical (unpaired) electrons. The molecular formula is C24H21F3N2O5. The second-order valence-corrected chi connectivity index (χ2v) is 7.51. The van der Waals surface area contributed by atoms with Crippen LogP contribution in [0.2, 0.25) is 0 Å². The van der Waals surface area contributed by atoms with Crippen LogP contribution in [0.25, 0.3) is 0 Å². The van der Waals surface area contributed by atoms with E-state index in [1.165, 1.54) is 32.0 Å². The van der Waals surface area contributed by atoms with E-state index >= 15 is 0 Å². The molecular weight excluding hydrogens is 453 g/mol. The minimum atomic E-state index is -4.83. The van der Waals surface area contributed by atoms with Gasteiger partial charge in [-0.15, -0.1) is 0 Å². The summed E-state index contributed by atoms with van der Waals surface area (Å²) in [6.07, 6.45) is -3.76. The first-order valence-corrected chi connectivity index (χ1v) is 10.3. The van der Waals surface area contributed by atoms with Crippen LogP contribution >= 0.6 is 0 Å². The average molecular weight is 474 g/mol. The lowest BCUT2D eigenvalue weighted by atomic mass is 9.76. The van der Waals surface area contributed by atoms with Crippen molar-refractivity contribution >= 4 is 11.8 Å². The van der Waals surface area contributed by atoms with Gasteiger partial charge in [0.15, 0.2) is 5.78 Å². The normalized spacial score (nSPS) is 19.5. The maximum Gasteiger partial charge on any atom is 0.416 e. The molecule has 2 atom stereocenters. The van der Waals surface area contributed by atoms with E-state index in [4.69, 9.17) is 4.74 Å². The van der Waals surface area contributed by atoms with E-state index < -0.39 is 51.5 Å². The third-order valence-electron chi connectivity index (χ3n) is 5.36. The molecule has 0 unspecified atom stereocenters. The van der Waals surface area contributed by atoms with Gasteiger partial charge in [0.1, 0.15) is 5.92 Å². The zero-order chi connectivity index (χ0) is 25.0. The number of ketones is 1. The van der Waals surface area contributed by atoms with Crippen molar-refractivity contribution in [3.8, 4) is 0 Å². The summed E-state index contributed by atoms with van der Waals surface area (Å²) < 4.78 is 46.6. The Bertz CT molecular complexity index is 1170. The van der Waals surface area contributed by atoms with Gasteiger partial charge in [-0.2, -0.15) is 13.2 Å². The van der Waals surface area contributed by atoms with Crippen LogP contribution in [-0.2, 0) is 15.7 Å². The fourth-order valence-electron chi connectivity index (χ4n) is 3.98. The number of nitro groups is 1. The topological polar surface area (TPSA) is 98.5 Å². The Kier molecular flexibility index (Phi) is 7.19. The van der Waals surface area contributed by atoms with Crippen molar-refractivity contribution in [2.75, 3.05) is 6.61 Å². The summed E-state index contributed by atoms with van der Waals surface area (Å²) in [6.45, 7) is 2.70. The van der Waals surface area contributed by atoms with Crippen LogP contribution in [0.1, 0.15) is 41.3 Å². The summed E-state index contributed by atoms with van der Waals surface area (Å²) in [4.78, 5) is 37.0. The van der Waals surface area contributed by atoms with Crippen LogP contribution in [0.5, 0.6) is 0 Å². The van der Waals surface area contributed by atoms with E-state index in [1.807, 2.05) is 0 Å². The summed E-state index contributed by atoms with van der Waals surface area (Å²) in [5.41, 5.74) is -2.08. The number of hydrogen-bond acceptors (Lipinski definition) is 6. The largest absolute Gasteiger partial charge is 0.465 e. The van der Waals surface area contributed by atoms with Gasteiger partial charge < -0.3 is 10.1 Å². The molecule has 1 aliphatic rings. The number of rotatable bonds is 6. The lowest BCUT2D eigenvalue weighted by Crippen LogP contribution is -2.40. The fourth-order valence-corrected chi connectivity index (χ4v) is 3.98. The predicted octanol–water partition coefficient (Wildman–Crippen LogP) is 4.85. The van der Waals surface area contributed by atoms with E-state index in [0.717, 1.165) is 24.3 Å². The molecule has 0 aliphatic carbocycles. The second-order valence-electron chi connectivity index (χ2n) is 7.51. The third-order valence-corrected chi connectivity index (χ3v) is 5.36. The Morgan fingerprint density at radius 3 is 2.32 bits per heavy atom. The highest BCUT2D eigenvalue weighted by atomic mass is 19.4. The van der Waals surface area contributed by atoms with Gasteiger partial charge in [-0.05, 0) is 25.5 Å². The Hall–Kier alpha value is -3.95. The number of nitrogens with zero attached hydrogens (tertiary/aromatic N) is 1. The van der Waals surface area contributed by atoms with Gasteiger partial charge in [0.2, 0.25) is 0 Å². The molecule has 0 bridgehead atoms. The monoisotopic (exact) mass is 474 g/mol. The van der Waals surface area contributed by atoms with Gasteiger partial charge >= 0.3 is 12.1 Å². The van der Waals surface area contributed by atoms with Crippen molar-refractivity contribution in [2.45, 2.75) is 25.9 Å². The van der Waals surface area contributed by atoms with Crippen molar-refractivity contribution in [3.05, 3.63) is 105 Å². The standard InChI is InChI=1S/C24H21F3N2O5/c1-3-34-23(31)21-18(13-19(30)15-9-5-4-6-10-15)28-14(2)22(29(32)33)20(21)16-11-7-8-12-17(16)24(25,26)27/h4-13,20-21,28H,3H2,1-2H3/b18-13-/t20-,21+/m0/s1. The third kappa shape index (κ3) is 5.00. The zero-order valence-electron chi connectivity index (χ0n) is 18.3. The van der Waals surface area contributed by atoms with Crippen LogP contribution < -0.4 is 5.32 Å². The number of hydrogen-bond donors (Lipinski definition) is 1. The van der Waals surface area contributed by atoms with Crippen LogP contribution in [0, 0.1) is 16.0 Å². The SMILES string of the molecule is CCOC(=O)[C@@H]1/C(=C/C(=O)c2ccccc2)NC(C)=C([N+](=O)[O-])[C@H]1c1ccccc1C(F)(F)F. The zero-order valence-corrected chi connectivity index (χ0v) is 18.3. The van der Waals surface area contributed by atoms with Gasteiger partial charge in [0.05, 0.1) is 28.7 Å².